The predicted octanol–water partition coefficient (Wildman–Crippen LogP) is 1.43. The maximum atomic E-state index is 12.3. The Bertz CT molecular complexity index is 431. The van der Waals surface area contributed by atoms with E-state index in [4.69, 9.17) is 0 Å². The Hall–Kier alpha value is -1.55. The molecule has 0 aromatic heterocycles. The van der Waals surface area contributed by atoms with Crippen LogP contribution in [0, 0.1) is 0 Å². The minimum Gasteiger partial charge on any atom is -0.383 e. The van der Waals surface area contributed by atoms with E-state index >= 15 is 0 Å². The third-order valence-electron chi connectivity index (χ3n) is 3.44. The lowest BCUT2D eigenvalue weighted by atomic mass is 10.1. The molecule has 1 heterocycles. The first-order valence-corrected chi connectivity index (χ1v) is 6.91. The lowest BCUT2D eigenvalue weighted by Crippen LogP contribution is -2.39. The normalized spacial score (nSPS) is 15.7. The zero-order valence-corrected chi connectivity index (χ0v) is 11.9. The van der Waals surface area contributed by atoms with Gasteiger partial charge in [0.05, 0.1) is 6.42 Å². The molecule has 4 nitrogen and oxygen atoms in total. The fraction of sp³-hybridized carbons (Fsp3) is 0.533. The summed E-state index contributed by atoms with van der Waals surface area (Å²) < 4.78 is 0. The highest BCUT2D eigenvalue weighted by Gasteiger charge is 2.17. The van der Waals surface area contributed by atoms with Crippen molar-refractivity contribution in [2.75, 3.05) is 45.6 Å². The van der Waals surface area contributed by atoms with Crippen LogP contribution in [0.5, 0.6) is 0 Å². The van der Waals surface area contributed by atoms with Gasteiger partial charge >= 0.3 is 0 Å². The second kappa shape index (κ2) is 6.57. The Kier molecular flexibility index (Phi) is 4.80. The first kappa shape index (κ1) is 13.9. The molecule has 0 saturated heterocycles. The Morgan fingerprint density at radius 2 is 2.11 bits per heavy atom. The van der Waals surface area contributed by atoms with Crippen molar-refractivity contribution in [2.24, 2.45) is 0 Å². The summed E-state index contributed by atoms with van der Waals surface area (Å²) in [6.45, 7) is 3.49. The van der Waals surface area contributed by atoms with E-state index in [-0.39, 0.29) is 5.91 Å². The molecule has 4 heteroatoms. The van der Waals surface area contributed by atoms with Crippen molar-refractivity contribution >= 4 is 11.6 Å². The Morgan fingerprint density at radius 3 is 2.89 bits per heavy atom. The standard InChI is InChI=1S/C15H23N3O/c1-17(2)9-5-10-18-11-8-16-14-7-4-3-6-13(14)12-15(18)19/h3-4,6-7,16H,5,8-12H2,1-2H3. The molecular weight excluding hydrogens is 238 g/mol. The number of nitrogens with one attached hydrogen (secondary N) is 1. The molecule has 1 amide bonds. The van der Waals surface area contributed by atoms with E-state index in [9.17, 15) is 4.79 Å². The number of amides is 1. The number of fused-ring (bicyclic) bond motifs is 1. The number of rotatable bonds is 4. The van der Waals surface area contributed by atoms with Crippen LogP contribution in [0.15, 0.2) is 24.3 Å². The molecule has 1 aliphatic rings. The molecule has 1 aromatic rings. The largest absolute Gasteiger partial charge is 0.383 e. The highest BCUT2D eigenvalue weighted by molar-refractivity contribution is 5.81. The topological polar surface area (TPSA) is 35.6 Å². The summed E-state index contributed by atoms with van der Waals surface area (Å²) in [5.41, 5.74) is 2.20. The minimum absolute atomic E-state index is 0.243. The number of nitrogens with zero attached hydrogens (tertiary/aromatic N) is 2. The number of para-hydroxylation sites is 1. The molecular formula is C15H23N3O. The summed E-state index contributed by atoms with van der Waals surface area (Å²) in [5, 5.41) is 3.41. The van der Waals surface area contributed by atoms with Gasteiger partial charge < -0.3 is 15.1 Å². The van der Waals surface area contributed by atoms with E-state index in [1.807, 2.05) is 29.2 Å². The maximum Gasteiger partial charge on any atom is 0.227 e. The van der Waals surface area contributed by atoms with Crippen LogP contribution in [0.2, 0.25) is 0 Å². The first-order chi connectivity index (χ1) is 9.16. The minimum atomic E-state index is 0.243. The summed E-state index contributed by atoms with van der Waals surface area (Å²) >= 11 is 0. The van der Waals surface area contributed by atoms with Crippen LogP contribution in [0.1, 0.15) is 12.0 Å². The van der Waals surface area contributed by atoms with Crippen molar-refractivity contribution in [1.29, 1.82) is 0 Å². The second-order valence-electron chi connectivity index (χ2n) is 5.30. The van der Waals surface area contributed by atoms with Crippen LogP contribution in [-0.2, 0) is 11.2 Å². The van der Waals surface area contributed by atoms with Crippen molar-refractivity contribution in [3.8, 4) is 0 Å². The SMILES string of the molecule is CN(C)CCCN1CCNc2ccccc2CC1=O. The molecule has 0 spiro atoms. The quantitative estimate of drug-likeness (QED) is 0.891. The monoisotopic (exact) mass is 261 g/mol. The van der Waals surface area contributed by atoms with Crippen molar-refractivity contribution in [3.05, 3.63) is 29.8 Å². The average molecular weight is 261 g/mol. The fourth-order valence-electron chi connectivity index (χ4n) is 2.39. The molecule has 104 valence electrons. The average Bonchev–Trinajstić information content (AvgIpc) is 2.36. The zero-order chi connectivity index (χ0) is 13.7. The molecule has 0 saturated carbocycles. The van der Waals surface area contributed by atoms with Crippen molar-refractivity contribution < 1.29 is 4.79 Å². The molecule has 1 N–H and O–H groups in total. The molecule has 1 aromatic carbocycles. The van der Waals surface area contributed by atoms with Gasteiger partial charge in [-0.2, -0.15) is 0 Å². The van der Waals surface area contributed by atoms with Crippen LogP contribution in [0.25, 0.3) is 0 Å². The van der Waals surface area contributed by atoms with E-state index in [1.54, 1.807) is 0 Å². The van der Waals surface area contributed by atoms with E-state index in [2.05, 4.69) is 24.3 Å². The van der Waals surface area contributed by atoms with E-state index in [1.165, 1.54) is 0 Å². The van der Waals surface area contributed by atoms with Crippen molar-refractivity contribution in [1.82, 2.24) is 9.80 Å². The van der Waals surface area contributed by atoms with Gasteiger partial charge in [-0.05, 0) is 38.7 Å². The number of hydrogen-bond donors (Lipinski definition) is 1. The van der Waals surface area contributed by atoms with Gasteiger partial charge in [0.25, 0.3) is 0 Å². The molecule has 0 radical (unpaired) electrons. The lowest BCUT2D eigenvalue weighted by molar-refractivity contribution is -0.130. The van der Waals surface area contributed by atoms with Crippen molar-refractivity contribution in [2.45, 2.75) is 12.8 Å². The van der Waals surface area contributed by atoms with Crippen LogP contribution in [0.3, 0.4) is 0 Å². The van der Waals surface area contributed by atoms with Gasteiger partial charge in [0, 0.05) is 25.3 Å². The molecule has 2 rings (SSSR count). The summed E-state index contributed by atoms with van der Waals surface area (Å²) in [6, 6.07) is 8.08. The zero-order valence-electron chi connectivity index (χ0n) is 11.9. The molecule has 0 bridgehead atoms. The number of anilines is 1. The van der Waals surface area contributed by atoms with Gasteiger partial charge in [-0.15, -0.1) is 0 Å². The van der Waals surface area contributed by atoms with Crippen LogP contribution >= 0.6 is 0 Å². The lowest BCUT2D eigenvalue weighted by Gasteiger charge is -2.27. The Labute approximate surface area is 115 Å². The number of hydrogen-bond acceptors (Lipinski definition) is 3. The van der Waals surface area contributed by atoms with Gasteiger partial charge in [-0.3, -0.25) is 4.79 Å². The van der Waals surface area contributed by atoms with Gasteiger partial charge in [-0.1, -0.05) is 18.2 Å². The van der Waals surface area contributed by atoms with Crippen LogP contribution in [-0.4, -0.2) is 56.0 Å². The summed E-state index contributed by atoms with van der Waals surface area (Å²) in [7, 11) is 4.13. The number of carbonyl (C=O) groups excluding carboxylic acids is 1. The molecule has 19 heavy (non-hydrogen) atoms. The number of carbonyl (C=O) groups is 1. The highest BCUT2D eigenvalue weighted by atomic mass is 16.2. The van der Waals surface area contributed by atoms with E-state index in [0.29, 0.717) is 6.42 Å². The summed E-state index contributed by atoms with van der Waals surface area (Å²) in [6.07, 6.45) is 1.53. The predicted molar refractivity (Wildman–Crippen MR) is 78.4 cm³/mol. The molecule has 0 fully saturated rings. The van der Waals surface area contributed by atoms with Gasteiger partial charge in [0.2, 0.25) is 5.91 Å². The van der Waals surface area contributed by atoms with E-state index < -0.39 is 0 Å². The van der Waals surface area contributed by atoms with Gasteiger partial charge in [-0.25, -0.2) is 0 Å². The van der Waals surface area contributed by atoms with Gasteiger partial charge in [0.1, 0.15) is 0 Å². The third kappa shape index (κ3) is 3.96. The van der Waals surface area contributed by atoms with Gasteiger partial charge in [0.15, 0.2) is 0 Å². The second-order valence-corrected chi connectivity index (χ2v) is 5.30. The molecule has 0 atom stereocenters. The molecule has 1 aliphatic heterocycles. The first-order valence-electron chi connectivity index (χ1n) is 6.91. The van der Waals surface area contributed by atoms with E-state index in [0.717, 1.165) is 43.9 Å². The smallest absolute Gasteiger partial charge is 0.227 e. The summed E-state index contributed by atoms with van der Waals surface area (Å²) in [4.78, 5) is 16.4. The van der Waals surface area contributed by atoms with Crippen LogP contribution < -0.4 is 5.32 Å². The Morgan fingerprint density at radius 1 is 1.32 bits per heavy atom. The van der Waals surface area contributed by atoms with Crippen molar-refractivity contribution in [3.63, 3.8) is 0 Å². The fourth-order valence-corrected chi connectivity index (χ4v) is 2.39. The molecule has 0 unspecified atom stereocenters. The third-order valence-corrected chi connectivity index (χ3v) is 3.44. The maximum absolute atomic E-state index is 12.3. The molecule has 0 aliphatic carbocycles. The van der Waals surface area contributed by atoms with Crippen LogP contribution in [0.4, 0.5) is 5.69 Å². The highest BCUT2D eigenvalue weighted by Crippen LogP contribution is 2.18. The number of benzene rings is 1. The Balaban J connectivity index is 1.96. The summed E-state index contributed by atoms with van der Waals surface area (Å²) in [5.74, 6) is 0.243.